The quantitative estimate of drug-likeness (QED) is 0.375. The summed E-state index contributed by atoms with van der Waals surface area (Å²) in [4.78, 5) is 12.7. The predicted molar refractivity (Wildman–Crippen MR) is 133 cm³/mol. The summed E-state index contributed by atoms with van der Waals surface area (Å²) in [5.74, 6) is 1.13. The molecular formula is C29H27FN2O3. The Morgan fingerprint density at radius 3 is 2.71 bits per heavy atom. The first-order valence-electron chi connectivity index (χ1n) is 11.7. The van der Waals surface area contributed by atoms with Gasteiger partial charge in [0.05, 0.1) is 18.5 Å². The SMILES string of the molecule is COc1ccccc1CNC(=O)CCc1cc2c(n1-c1ccc(C)cc1F)-c1ccccc1OC2. The van der Waals surface area contributed by atoms with Gasteiger partial charge in [0.15, 0.2) is 0 Å². The zero-order valence-electron chi connectivity index (χ0n) is 19.8. The van der Waals surface area contributed by atoms with Gasteiger partial charge in [-0.15, -0.1) is 0 Å². The second-order valence-electron chi connectivity index (χ2n) is 8.67. The third-order valence-electron chi connectivity index (χ3n) is 6.30. The van der Waals surface area contributed by atoms with Gasteiger partial charge in [0.25, 0.3) is 0 Å². The van der Waals surface area contributed by atoms with Crippen LogP contribution in [-0.2, 0) is 24.4 Å². The van der Waals surface area contributed by atoms with E-state index in [1.54, 1.807) is 13.2 Å². The van der Waals surface area contributed by atoms with E-state index in [-0.39, 0.29) is 18.1 Å². The van der Waals surface area contributed by atoms with Crippen LogP contribution < -0.4 is 14.8 Å². The Morgan fingerprint density at radius 1 is 1.09 bits per heavy atom. The van der Waals surface area contributed by atoms with Gasteiger partial charge in [-0.05, 0) is 55.3 Å². The minimum absolute atomic E-state index is 0.0809. The molecule has 2 heterocycles. The number of carbonyl (C=O) groups is 1. The van der Waals surface area contributed by atoms with Gasteiger partial charge in [-0.25, -0.2) is 4.39 Å². The summed E-state index contributed by atoms with van der Waals surface area (Å²) in [6, 6.07) is 22.7. The number of carbonyl (C=O) groups excluding carboxylic acids is 1. The Bertz CT molecular complexity index is 1390. The third kappa shape index (κ3) is 4.52. The van der Waals surface area contributed by atoms with E-state index in [2.05, 4.69) is 5.32 Å². The summed E-state index contributed by atoms with van der Waals surface area (Å²) in [5, 5.41) is 2.97. The lowest BCUT2D eigenvalue weighted by atomic mass is 10.0. The molecule has 1 N–H and O–H groups in total. The first kappa shape index (κ1) is 22.7. The fourth-order valence-electron chi connectivity index (χ4n) is 4.59. The molecule has 0 aliphatic carbocycles. The molecule has 0 radical (unpaired) electrons. The van der Waals surface area contributed by atoms with Crippen LogP contribution in [0.3, 0.4) is 0 Å². The summed E-state index contributed by atoms with van der Waals surface area (Å²) >= 11 is 0. The standard InChI is InChI=1S/C29H27FN2O3/c1-19-11-13-25(24(30)15-19)32-22(16-21-18-35-27-10-6-4-8-23(27)29(21)32)12-14-28(33)31-17-20-7-3-5-9-26(20)34-2/h3-11,13,15-16H,12,14,17-18H2,1-2H3,(H,31,33). The summed E-state index contributed by atoms with van der Waals surface area (Å²) in [7, 11) is 1.61. The average molecular weight is 471 g/mol. The number of rotatable bonds is 7. The van der Waals surface area contributed by atoms with Crippen LogP contribution in [0, 0.1) is 12.7 Å². The maximum atomic E-state index is 15.2. The average Bonchev–Trinajstić information content (AvgIpc) is 3.25. The molecular weight excluding hydrogens is 443 g/mol. The molecule has 0 atom stereocenters. The lowest BCUT2D eigenvalue weighted by molar-refractivity contribution is -0.121. The van der Waals surface area contributed by atoms with E-state index in [4.69, 9.17) is 9.47 Å². The summed E-state index contributed by atoms with van der Waals surface area (Å²) < 4.78 is 28.4. The molecule has 0 unspecified atom stereocenters. The lowest BCUT2D eigenvalue weighted by Gasteiger charge is -2.21. The van der Waals surface area contributed by atoms with Gasteiger partial charge in [0, 0.05) is 35.3 Å². The van der Waals surface area contributed by atoms with Crippen LogP contribution in [0.4, 0.5) is 4.39 Å². The van der Waals surface area contributed by atoms with Crippen molar-refractivity contribution in [2.75, 3.05) is 7.11 Å². The molecule has 1 aliphatic rings. The van der Waals surface area contributed by atoms with Gasteiger partial charge in [0.2, 0.25) is 5.91 Å². The molecule has 3 aromatic carbocycles. The number of benzene rings is 3. The first-order chi connectivity index (χ1) is 17.0. The van der Waals surface area contributed by atoms with Crippen LogP contribution in [-0.4, -0.2) is 17.6 Å². The molecule has 178 valence electrons. The molecule has 1 amide bonds. The number of halogens is 1. The van der Waals surface area contributed by atoms with Gasteiger partial charge < -0.3 is 19.4 Å². The minimum Gasteiger partial charge on any atom is -0.496 e. The number of ether oxygens (including phenoxy) is 2. The maximum Gasteiger partial charge on any atom is 0.220 e. The monoisotopic (exact) mass is 470 g/mol. The van der Waals surface area contributed by atoms with Crippen molar-refractivity contribution in [2.45, 2.75) is 32.9 Å². The highest BCUT2D eigenvalue weighted by atomic mass is 19.1. The lowest BCUT2D eigenvalue weighted by Crippen LogP contribution is -2.23. The second-order valence-corrected chi connectivity index (χ2v) is 8.67. The number of methoxy groups -OCH3 is 1. The Labute approximate surface area is 204 Å². The summed E-state index contributed by atoms with van der Waals surface area (Å²) in [6.45, 7) is 2.65. The van der Waals surface area contributed by atoms with Crippen molar-refractivity contribution in [1.29, 1.82) is 0 Å². The molecule has 0 fully saturated rings. The molecule has 6 heteroatoms. The van der Waals surface area contributed by atoms with Gasteiger partial charge in [-0.3, -0.25) is 4.79 Å². The molecule has 0 saturated heterocycles. The van der Waals surface area contributed by atoms with Crippen molar-refractivity contribution in [3.63, 3.8) is 0 Å². The van der Waals surface area contributed by atoms with Crippen LogP contribution in [0.2, 0.25) is 0 Å². The number of nitrogens with zero attached hydrogens (tertiary/aromatic N) is 1. The van der Waals surface area contributed by atoms with E-state index in [1.165, 1.54) is 6.07 Å². The van der Waals surface area contributed by atoms with Crippen LogP contribution >= 0.6 is 0 Å². The zero-order chi connectivity index (χ0) is 24.4. The van der Waals surface area contributed by atoms with Crippen LogP contribution in [0.15, 0.2) is 72.8 Å². The fraction of sp³-hybridized carbons (Fsp3) is 0.207. The normalized spacial score (nSPS) is 11.9. The topological polar surface area (TPSA) is 52.5 Å². The highest BCUT2D eigenvalue weighted by molar-refractivity contribution is 5.77. The van der Waals surface area contributed by atoms with Crippen LogP contribution in [0.1, 0.15) is 28.8 Å². The van der Waals surface area contributed by atoms with Crippen LogP contribution in [0.5, 0.6) is 11.5 Å². The number of nitrogens with one attached hydrogen (secondary N) is 1. The molecule has 35 heavy (non-hydrogen) atoms. The van der Waals surface area contributed by atoms with E-state index in [9.17, 15) is 4.79 Å². The maximum absolute atomic E-state index is 15.2. The van der Waals surface area contributed by atoms with Crippen LogP contribution in [0.25, 0.3) is 16.9 Å². The van der Waals surface area contributed by atoms with Crippen molar-refractivity contribution in [3.05, 3.63) is 101 Å². The number of fused-ring (bicyclic) bond motifs is 3. The molecule has 5 rings (SSSR count). The molecule has 1 aromatic heterocycles. The Morgan fingerprint density at radius 2 is 1.89 bits per heavy atom. The number of hydrogen-bond acceptors (Lipinski definition) is 3. The van der Waals surface area contributed by atoms with Crippen molar-refractivity contribution in [1.82, 2.24) is 9.88 Å². The van der Waals surface area contributed by atoms with E-state index < -0.39 is 0 Å². The highest BCUT2D eigenvalue weighted by Crippen LogP contribution is 2.41. The zero-order valence-corrected chi connectivity index (χ0v) is 19.8. The van der Waals surface area contributed by atoms with E-state index in [0.717, 1.165) is 45.1 Å². The van der Waals surface area contributed by atoms with Gasteiger partial charge in [-0.1, -0.05) is 36.4 Å². The number of aryl methyl sites for hydroxylation is 2. The number of amides is 1. The van der Waals surface area contributed by atoms with E-state index >= 15 is 4.39 Å². The Kier molecular flexibility index (Phi) is 6.27. The predicted octanol–water partition coefficient (Wildman–Crippen LogP) is 5.74. The molecule has 5 nitrogen and oxygen atoms in total. The third-order valence-corrected chi connectivity index (χ3v) is 6.30. The van der Waals surface area contributed by atoms with Crippen molar-refractivity contribution < 1.29 is 18.7 Å². The summed E-state index contributed by atoms with van der Waals surface area (Å²) in [6.07, 6.45) is 0.730. The molecule has 0 saturated carbocycles. The summed E-state index contributed by atoms with van der Waals surface area (Å²) in [5.41, 5.74) is 5.92. The van der Waals surface area contributed by atoms with Gasteiger partial charge >= 0.3 is 0 Å². The Hall–Kier alpha value is -4.06. The second kappa shape index (κ2) is 9.66. The van der Waals surface area contributed by atoms with E-state index in [1.807, 2.05) is 72.2 Å². The molecule has 1 aliphatic heterocycles. The molecule has 0 bridgehead atoms. The molecule has 4 aromatic rings. The molecule has 0 spiro atoms. The Balaban J connectivity index is 1.43. The van der Waals surface area contributed by atoms with Gasteiger partial charge in [0.1, 0.15) is 23.9 Å². The van der Waals surface area contributed by atoms with Gasteiger partial charge in [-0.2, -0.15) is 0 Å². The fourth-order valence-corrected chi connectivity index (χ4v) is 4.59. The number of aromatic nitrogens is 1. The number of para-hydroxylation sites is 2. The van der Waals surface area contributed by atoms with E-state index in [0.29, 0.717) is 25.3 Å². The van der Waals surface area contributed by atoms with Crippen molar-refractivity contribution in [3.8, 4) is 28.4 Å². The highest BCUT2D eigenvalue weighted by Gasteiger charge is 2.26. The first-order valence-corrected chi connectivity index (χ1v) is 11.7. The smallest absolute Gasteiger partial charge is 0.220 e. The minimum atomic E-state index is -0.297. The van der Waals surface area contributed by atoms with Crippen molar-refractivity contribution in [2.24, 2.45) is 0 Å². The largest absolute Gasteiger partial charge is 0.496 e. The number of hydrogen-bond donors (Lipinski definition) is 1. The van der Waals surface area contributed by atoms with Crippen molar-refractivity contribution >= 4 is 5.91 Å².